The monoisotopic (exact) mass is 494 g/mol. The zero-order valence-electron chi connectivity index (χ0n) is 20.0. The number of carbonyl (C=O) groups excluding carboxylic acids is 3. The molecule has 8 nitrogen and oxygen atoms in total. The fraction of sp³-hybridized carbons (Fsp3) is 0.385. The van der Waals surface area contributed by atoms with Gasteiger partial charge in [0.15, 0.2) is 5.01 Å². The van der Waals surface area contributed by atoms with Crippen molar-refractivity contribution in [2.24, 2.45) is 5.92 Å². The van der Waals surface area contributed by atoms with Gasteiger partial charge in [0.2, 0.25) is 11.8 Å². The first-order valence-corrected chi connectivity index (χ1v) is 12.6. The Balaban J connectivity index is 1.34. The fourth-order valence-electron chi connectivity index (χ4n) is 4.24. The van der Waals surface area contributed by atoms with Gasteiger partial charge in [0.1, 0.15) is 5.75 Å². The highest BCUT2D eigenvalue weighted by atomic mass is 32.1. The summed E-state index contributed by atoms with van der Waals surface area (Å²) in [5, 5.41) is 6.42. The molecule has 9 heteroatoms. The van der Waals surface area contributed by atoms with Gasteiger partial charge in [0.05, 0.1) is 17.3 Å². The zero-order valence-corrected chi connectivity index (χ0v) is 20.8. The number of ether oxygens (including phenoxy) is 1. The van der Waals surface area contributed by atoms with Gasteiger partial charge in [-0.05, 0) is 42.7 Å². The highest BCUT2D eigenvalue weighted by Crippen LogP contribution is 2.23. The molecule has 0 aliphatic carbocycles. The van der Waals surface area contributed by atoms with Crippen molar-refractivity contribution in [1.82, 2.24) is 20.5 Å². The molecule has 1 fully saturated rings. The minimum absolute atomic E-state index is 0.101. The summed E-state index contributed by atoms with van der Waals surface area (Å²) in [6.07, 6.45) is 2.15. The van der Waals surface area contributed by atoms with Gasteiger partial charge in [-0.15, -0.1) is 11.3 Å². The van der Waals surface area contributed by atoms with Gasteiger partial charge in [-0.1, -0.05) is 30.7 Å². The molecule has 0 bridgehead atoms. The van der Waals surface area contributed by atoms with Crippen molar-refractivity contribution in [1.29, 1.82) is 0 Å². The number of rotatable bonds is 6. The molecule has 1 aromatic heterocycles. The summed E-state index contributed by atoms with van der Waals surface area (Å²) in [5.41, 5.74) is 1.76. The first-order chi connectivity index (χ1) is 16.9. The van der Waals surface area contributed by atoms with Crippen LogP contribution in [0.4, 0.5) is 0 Å². The molecule has 2 heterocycles. The van der Waals surface area contributed by atoms with Gasteiger partial charge in [-0.3, -0.25) is 14.4 Å². The molecule has 35 heavy (non-hydrogen) atoms. The van der Waals surface area contributed by atoms with Gasteiger partial charge in [0.25, 0.3) is 5.91 Å². The average Bonchev–Trinajstić information content (AvgIpc) is 3.32. The zero-order chi connectivity index (χ0) is 24.8. The Morgan fingerprint density at radius 3 is 2.66 bits per heavy atom. The van der Waals surface area contributed by atoms with Crippen molar-refractivity contribution in [2.75, 3.05) is 20.7 Å². The van der Waals surface area contributed by atoms with E-state index in [1.54, 1.807) is 19.1 Å². The van der Waals surface area contributed by atoms with Crippen molar-refractivity contribution in [3.05, 3.63) is 59.1 Å². The lowest BCUT2D eigenvalue weighted by Crippen LogP contribution is -2.44. The number of carbonyl (C=O) groups is 3. The second-order valence-electron chi connectivity index (χ2n) is 8.83. The highest BCUT2D eigenvalue weighted by Gasteiger charge is 2.28. The topological polar surface area (TPSA) is 101 Å². The van der Waals surface area contributed by atoms with E-state index in [0.717, 1.165) is 28.0 Å². The summed E-state index contributed by atoms with van der Waals surface area (Å²) in [6.45, 7) is 0.792. The number of hydrogen-bond donors (Lipinski definition) is 2. The number of likely N-dealkylation sites (N-methyl/N-ethyl adjacent to an activating group) is 1. The van der Waals surface area contributed by atoms with E-state index in [2.05, 4.69) is 15.6 Å². The lowest BCUT2D eigenvalue weighted by atomic mass is 9.96. The maximum atomic E-state index is 12.9. The second-order valence-corrected chi connectivity index (χ2v) is 9.86. The van der Waals surface area contributed by atoms with Crippen LogP contribution >= 0.6 is 11.3 Å². The molecular weight excluding hydrogens is 464 g/mol. The van der Waals surface area contributed by atoms with Crippen LogP contribution in [-0.4, -0.2) is 54.3 Å². The third-order valence-corrected chi connectivity index (χ3v) is 7.30. The quantitative estimate of drug-likeness (QED) is 0.547. The first kappa shape index (κ1) is 24.7. The maximum Gasteiger partial charge on any atom is 0.280 e. The summed E-state index contributed by atoms with van der Waals surface area (Å²) in [4.78, 5) is 44.6. The van der Waals surface area contributed by atoms with Crippen molar-refractivity contribution >= 4 is 39.3 Å². The van der Waals surface area contributed by atoms with Crippen LogP contribution in [0.15, 0.2) is 48.5 Å². The number of methoxy groups -OCH3 is 1. The highest BCUT2D eigenvalue weighted by molar-refractivity contribution is 7.20. The molecule has 1 aliphatic heterocycles. The van der Waals surface area contributed by atoms with Crippen LogP contribution < -0.4 is 15.4 Å². The van der Waals surface area contributed by atoms with Gasteiger partial charge in [0, 0.05) is 38.5 Å². The van der Waals surface area contributed by atoms with E-state index >= 15 is 0 Å². The molecule has 2 aromatic carbocycles. The predicted octanol–water partition coefficient (Wildman–Crippen LogP) is 3.37. The number of thiazole rings is 1. The van der Waals surface area contributed by atoms with Gasteiger partial charge < -0.3 is 20.3 Å². The van der Waals surface area contributed by atoms with Gasteiger partial charge >= 0.3 is 0 Å². The van der Waals surface area contributed by atoms with Crippen molar-refractivity contribution in [3.63, 3.8) is 0 Å². The molecule has 1 saturated heterocycles. The Bertz CT molecular complexity index is 1160. The molecule has 0 radical (unpaired) electrons. The number of nitrogens with zero attached hydrogens (tertiary/aromatic N) is 2. The Morgan fingerprint density at radius 1 is 1.14 bits per heavy atom. The molecule has 2 N–H and O–H groups in total. The third-order valence-electron chi connectivity index (χ3n) is 6.27. The SMILES string of the molecule is COc1ccc(CNC(=O)[C@@H]2CCC[C@@H](NC(=O)c3nc4ccccc4s3)CN(C)C(=O)C2)cc1. The Hall–Kier alpha value is -3.46. The molecule has 3 amide bonds. The largest absolute Gasteiger partial charge is 0.497 e. The molecule has 0 spiro atoms. The number of aromatic nitrogens is 1. The third kappa shape index (κ3) is 6.36. The summed E-state index contributed by atoms with van der Waals surface area (Å²) in [7, 11) is 3.33. The lowest BCUT2D eigenvalue weighted by Gasteiger charge is -2.24. The van der Waals surface area contributed by atoms with Crippen molar-refractivity contribution < 1.29 is 19.1 Å². The minimum Gasteiger partial charge on any atom is -0.497 e. The number of para-hydroxylation sites is 1. The second kappa shape index (κ2) is 11.3. The lowest BCUT2D eigenvalue weighted by molar-refractivity contribution is -0.135. The van der Waals surface area contributed by atoms with E-state index in [-0.39, 0.29) is 30.2 Å². The maximum absolute atomic E-state index is 12.9. The standard InChI is InChI=1S/C26H30N4O4S/c1-30-16-19(28-25(33)26-29-21-8-3-4-9-22(21)35-26)7-5-6-18(14-23(30)31)24(32)27-15-17-10-12-20(34-2)13-11-17/h3-4,8-13,18-19H,5-7,14-16H2,1-2H3,(H,27,32)(H,28,33)/t18-,19-/m1/s1. The van der Waals surface area contributed by atoms with Crippen LogP contribution in [0.3, 0.4) is 0 Å². The summed E-state index contributed by atoms with van der Waals surface area (Å²) in [6, 6.07) is 14.9. The van der Waals surface area contributed by atoms with Crippen LogP contribution in [0.2, 0.25) is 0 Å². The van der Waals surface area contributed by atoms with Crippen LogP contribution in [0.1, 0.15) is 41.0 Å². The number of amides is 3. The number of hydrogen-bond acceptors (Lipinski definition) is 6. The van der Waals surface area contributed by atoms with Crippen molar-refractivity contribution in [3.8, 4) is 5.75 Å². The molecule has 0 saturated carbocycles. The van der Waals surface area contributed by atoms with E-state index in [4.69, 9.17) is 4.74 Å². The van der Waals surface area contributed by atoms with E-state index in [0.29, 0.717) is 30.9 Å². The van der Waals surface area contributed by atoms with Crippen LogP contribution in [0.5, 0.6) is 5.75 Å². The average molecular weight is 495 g/mol. The molecule has 0 unspecified atom stereocenters. The van der Waals surface area contributed by atoms with E-state index in [1.807, 2.05) is 48.5 Å². The normalized spacial score (nSPS) is 18.9. The van der Waals surface area contributed by atoms with E-state index in [9.17, 15) is 14.4 Å². The number of nitrogens with one attached hydrogen (secondary N) is 2. The summed E-state index contributed by atoms with van der Waals surface area (Å²) in [5.74, 6) is -0.1000. The smallest absolute Gasteiger partial charge is 0.280 e. The van der Waals surface area contributed by atoms with Crippen molar-refractivity contribution in [2.45, 2.75) is 38.3 Å². The molecule has 4 rings (SSSR count). The van der Waals surface area contributed by atoms with Crippen LogP contribution in [0, 0.1) is 5.92 Å². The van der Waals surface area contributed by atoms with E-state index < -0.39 is 5.92 Å². The number of fused-ring (bicyclic) bond motifs is 1. The molecular formula is C26H30N4O4S. The first-order valence-electron chi connectivity index (χ1n) is 11.7. The number of benzene rings is 2. The summed E-state index contributed by atoms with van der Waals surface area (Å²) >= 11 is 1.36. The van der Waals surface area contributed by atoms with Crippen LogP contribution in [0.25, 0.3) is 10.2 Å². The van der Waals surface area contributed by atoms with E-state index in [1.165, 1.54) is 11.3 Å². The predicted molar refractivity (Wildman–Crippen MR) is 135 cm³/mol. The summed E-state index contributed by atoms with van der Waals surface area (Å²) < 4.78 is 6.12. The Labute approximate surface area is 208 Å². The van der Waals surface area contributed by atoms with Gasteiger partial charge in [-0.25, -0.2) is 4.98 Å². The molecule has 184 valence electrons. The Morgan fingerprint density at radius 2 is 1.91 bits per heavy atom. The minimum atomic E-state index is -0.401. The molecule has 1 aliphatic rings. The molecule has 3 aromatic rings. The molecule has 2 atom stereocenters. The Kier molecular flexibility index (Phi) is 7.97. The van der Waals surface area contributed by atoms with Crippen LogP contribution in [-0.2, 0) is 16.1 Å². The fourth-order valence-corrected chi connectivity index (χ4v) is 5.11. The van der Waals surface area contributed by atoms with Gasteiger partial charge in [-0.2, -0.15) is 0 Å².